The molecule has 142 valence electrons. The minimum Gasteiger partial charge on any atom is -0.381 e. The number of ether oxygens (including phenoxy) is 1. The van der Waals surface area contributed by atoms with Gasteiger partial charge in [0, 0.05) is 36.6 Å². The maximum absolute atomic E-state index is 13.7. The average Bonchev–Trinajstić information content (AvgIpc) is 2.94. The van der Waals surface area contributed by atoms with Crippen LogP contribution in [0.25, 0.3) is 0 Å². The molecule has 2 aromatic heterocycles. The van der Waals surface area contributed by atoms with Crippen molar-refractivity contribution in [3.63, 3.8) is 0 Å². The fraction of sp³-hybridized carbons (Fsp3) is 0.500. The summed E-state index contributed by atoms with van der Waals surface area (Å²) in [6, 6.07) is 1.83. The standard InChI is InChI=1S/C20H23FN4O2/c1-13-10-22-11-15(23-13)8-19(26)17-9-20(25-5-2-14(21)12-25)24-18-4-7-27-6-3-16(17)18/h9-11,14H,2-8,12H2,1H3/t14-/m0/s1. The highest BCUT2D eigenvalue weighted by Gasteiger charge is 2.26. The zero-order chi connectivity index (χ0) is 18.8. The van der Waals surface area contributed by atoms with Gasteiger partial charge in [-0.1, -0.05) is 0 Å². The zero-order valence-corrected chi connectivity index (χ0v) is 15.4. The van der Waals surface area contributed by atoms with Crippen molar-refractivity contribution in [1.82, 2.24) is 15.0 Å². The summed E-state index contributed by atoms with van der Waals surface area (Å²) < 4.78 is 19.3. The number of pyridine rings is 1. The fourth-order valence-electron chi connectivity index (χ4n) is 3.74. The van der Waals surface area contributed by atoms with E-state index in [4.69, 9.17) is 9.72 Å². The summed E-state index contributed by atoms with van der Waals surface area (Å²) in [5.41, 5.74) is 3.95. The van der Waals surface area contributed by atoms with Crippen LogP contribution in [0, 0.1) is 6.92 Å². The summed E-state index contributed by atoms with van der Waals surface area (Å²) in [4.78, 5) is 28.3. The van der Waals surface area contributed by atoms with Crippen molar-refractivity contribution in [2.45, 2.75) is 38.8 Å². The van der Waals surface area contributed by atoms with Crippen LogP contribution in [0.1, 0.15) is 39.4 Å². The zero-order valence-electron chi connectivity index (χ0n) is 15.4. The Balaban J connectivity index is 1.69. The number of rotatable bonds is 4. The molecular formula is C20H23FN4O2. The van der Waals surface area contributed by atoms with Gasteiger partial charge in [-0.05, 0) is 31.4 Å². The van der Waals surface area contributed by atoms with Gasteiger partial charge < -0.3 is 9.64 Å². The lowest BCUT2D eigenvalue weighted by atomic mass is 9.96. The number of alkyl halides is 1. The Bertz CT molecular complexity index is 858. The first-order valence-electron chi connectivity index (χ1n) is 9.40. The van der Waals surface area contributed by atoms with E-state index in [1.165, 1.54) is 0 Å². The van der Waals surface area contributed by atoms with Crippen LogP contribution in [0.15, 0.2) is 18.5 Å². The maximum Gasteiger partial charge on any atom is 0.169 e. The molecule has 4 rings (SSSR count). The van der Waals surface area contributed by atoms with Crippen molar-refractivity contribution >= 4 is 11.6 Å². The molecule has 0 unspecified atom stereocenters. The number of aromatic nitrogens is 3. The molecule has 2 aliphatic rings. The monoisotopic (exact) mass is 370 g/mol. The Morgan fingerprint density at radius 2 is 2.15 bits per heavy atom. The smallest absolute Gasteiger partial charge is 0.169 e. The lowest BCUT2D eigenvalue weighted by Gasteiger charge is -2.20. The second kappa shape index (κ2) is 7.68. The first kappa shape index (κ1) is 18.0. The molecular weight excluding hydrogens is 347 g/mol. The summed E-state index contributed by atoms with van der Waals surface area (Å²) in [6.45, 7) is 3.98. The van der Waals surface area contributed by atoms with Gasteiger partial charge in [-0.3, -0.25) is 14.8 Å². The molecule has 1 atom stereocenters. The Morgan fingerprint density at radius 3 is 2.93 bits per heavy atom. The summed E-state index contributed by atoms with van der Waals surface area (Å²) in [5.74, 6) is 0.683. The molecule has 1 fully saturated rings. The van der Waals surface area contributed by atoms with Crippen LogP contribution >= 0.6 is 0 Å². The molecule has 27 heavy (non-hydrogen) atoms. The fourth-order valence-corrected chi connectivity index (χ4v) is 3.74. The Morgan fingerprint density at radius 1 is 1.30 bits per heavy atom. The quantitative estimate of drug-likeness (QED) is 0.769. The van der Waals surface area contributed by atoms with Gasteiger partial charge in [0.25, 0.3) is 0 Å². The molecule has 4 heterocycles. The summed E-state index contributed by atoms with van der Waals surface area (Å²) in [7, 11) is 0. The van der Waals surface area contributed by atoms with Crippen molar-refractivity contribution in [2.24, 2.45) is 0 Å². The van der Waals surface area contributed by atoms with Crippen LogP contribution < -0.4 is 4.90 Å². The van der Waals surface area contributed by atoms with E-state index >= 15 is 0 Å². The lowest BCUT2D eigenvalue weighted by Crippen LogP contribution is -2.23. The molecule has 0 radical (unpaired) electrons. The number of carbonyl (C=O) groups excluding carboxylic acids is 1. The van der Waals surface area contributed by atoms with Crippen molar-refractivity contribution in [2.75, 3.05) is 31.2 Å². The maximum atomic E-state index is 13.7. The number of ketones is 1. The second-order valence-electron chi connectivity index (χ2n) is 7.15. The van der Waals surface area contributed by atoms with Gasteiger partial charge >= 0.3 is 0 Å². The van der Waals surface area contributed by atoms with E-state index in [-0.39, 0.29) is 12.2 Å². The highest BCUT2D eigenvalue weighted by molar-refractivity contribution is 5.99. The minimum absolute atomic E-state index is 0.00676. The first-order chi connectivity index (χ1) is 13.1. The van der Waals surface area contributed by atoms with E-state index in [1.54, 1.807) is 12.4 Å². The number of hydrogen-bond acceptors (Lipinski definition) is 6. The first-order valence-corrected chi connectivity index (χ1v) is 9.40. The number of anilines is 1. The molecule has 0 amide bonds. The number of fused-ring (bicyclic) bond motifs is 1. The topological polar surface area (TPSA) is 68.2 Å². The lowest BCUT2D eigenvalue weighted by molar-refractivity contribution is 0.0990. The predicted octanol–water partition coefficient (Wildman–Crippen LogP) is 2.27. The number of carbonyl (C=O) groups is 1. The number of hydrogen-bond donors (Lipinski definition) is 0. The molecule has 2 aromatic rings. The van der Waals surface area contributed by atoms with Gasteiger partial charge in [-0.2, -0.15) is 0 Å². The molecule has 0 bridgehead atoms. The second-order valence-corrected chi connectivity index (χ2v) is 7.15. The number of aryl methyl sites for hydroxylation is 1. The van der Waals surface area contributed by atoms with E-state index < -0.39 is 6.17 Å². The van der Waals surface area contributed by atoms with Gasteiger partial charge in [-0.15, -0.1) is 0 Å². The Kier molecular flexibility index (Phi) is 5.11. The minimum atomic E-state index is -0.837. The van der Waals surface area contributed by atoms with E-state index in [1.807, 2.05) is 17.9 Å². The van der Waals surface area contributed by atoms with Gasteiger partial charge in [-0.25, -0.2) is 9.37 Å². The Hall–Kier alpha value is -2.41. The van der Waals surface area contributed by atoms with Gasteiger partial charge in [0.15, 0.2) is 5.78 Å². The molecule has 1 saturated heterocycles. The summed E-state index contributed by atoms with van der Waals surface area (Å²) >= 11 is 0. The summed E-state index contributed by atoms with van der Waals surface area (Å²) in [6.07, 6.45) is 4.48. The number of halogens is 1. The molecule has 0 saturated carbocycles. The van der Waals surface area contributed by atoms with Gasteiger partial charge in [0.2, 0.25) is 0 Å². The highest BCUT2D eigenvalue weighted by Crippen LogP contribution is 2.27. The highest BCUT2D eigenvalue weighted by atomic mass is 19.1. The average molecular weight is 370 g/mol. The van der Waals surface area contributed by atoms with E-state index in [0.29, 0.717) is 62.6 Å². The number of nitrogens with zero attached hydrogens (tertiary/aromatic N) is 4. The van der Waals surface area contributed by atoms with E-state index in [2.05, 4.69) is 9.97 Å². The van der Waals surface area contributed by atoms with Crippen LogP contribution in [0.2, 0.25) is 0 Å². The molecule has 0 spiro atoms. The van der Waals surface area contributed by atoms with Crippen molar-refractivity contribution in [1.29, 1.82) is 0 Å². The molecule has 7 heteroatoms. The van der Waals surface area contributed by atoms with Gasteiger partial charge in [0.1, 0.15) is 12.0 Å². The van der Waals surface area contributed by atoms with E-state index in [9.17, 15) is 9.18 Å². The van der Waals surface area contributed by atoms with Crippen molar-refractivity contribution in [3.05, 3.63) is 46.7 Å². The van der Waals surface area contributed by atoms with Gasteiger partial charge in [0.05, 0.1) is 37.6 Å². The molecule has 0 aromatic carbocycles. The van der Waals surface area contributed by atoms with Crippen LogP contribution in [-0.2, 0) is 24.0 Å². The Labute approximate surface area is 157 Å². The largest absolute Gasteiger partial charge is 0.381 e. The SMILES string of the molecule is Cc1cncc(CC(=O)c2cc(N3CC[C@H](F)C3)nc3c2CCOCC3)n1. The third kappa shape index (κ3) is 3.98. The molecule has 0 aliphatic carbocycles. The third-order valence-corrected chi connectivity index (χ3v) is 5.08. The van der Waals surface area contributed by atoms with Crippen molar-refractivity contribution in [3.8, 4) is 0 Å². The van der Waals surface area contributed by atoms with Crippen LogP contribution in [0.4, 0.5) is 10.2 Å². The molecule has 0 N–H and O–H groups in total. The van der Waals surface area contributed by atoms with Crippen LogP contribution in [0.5, 0.6) is 0 Å². The van der Waals surface area contributed by atoms with Crippen LogP contribution in [0.3, 0.4) is 0 Å². The van der Waals surface area contributed by atoms with E-state index in [0.717, 1.165) is 17.0 Å². The third-order valence-electron chi connectivity index (χ3n) is 5.08. The predicted molar refractivity (Wildman–Crippen MR) is 99.0 cm³/mol. The molecule has 2 aliphatic heterocycles. The van der Waals surface area contributed by atoms with Crippen molar-refractivity contribution < 1.29 is 13.9 Å². The van der Waals surface area contributed by atoms with Crippen LogP contribution in [-0.4, -0.2) is 53.2 Å². The normalized spacial score (nSPS) is 19.6. The summed E-state index contributed by atoms with van der Waals surface area (Å²) in [5, 5.41) is 0. The molecule has 6 nitrogen and oxygen atoms in total. The number of Topliss-reactive ketones (excluding diaryl/α,β-unsaturated/α-hetero) is 1.